The molecule has 1 aromatic carbocycles. The number of nitrogens with one attached hydrogen (secondary N) is 2. The van der Waals surface area contributed by atoms with Crippen molar-refractivity contribution in [2.45, 2.75) is 11.4 Å². The van der Waals surface area contributed by atoms with E-state index in [9.17, 15) is 0 Å². The first-order chi connectivity index (χ1) is 12.8. The smallest absolute Gasteiger partial charge is 0.218 e. The van der Waals surface area contributed by atoms with Gasteiger partial charge in [-0.15, -0.1) is 35.7 Å². The molecule has 6 nitrogen and oxygen atoms in total. The summed E-state index contributed by atoms with van der Waals surface area (Å²) in [6.45, 7) is 2.42. The number of guanidine groups is 1. The highest BCUT2D eigenvalue weighted by Crippen LogP contribution is 2.16. The Kier molecular flexibility index (Phi) is 12.7. The van der Waals surface area contributed by atoms with Gasteiger partial charge in [0, 0.05) is 49.7 Å². The first kappa shape index (κ1) is 23.5. The second-order valence-corrected chi connectivity index (χ2v) is 6.49. The lowest BCUT2D eigenvalue weighted by molar-refractivity contribution is 0.143. The molecule has 27 heavy (non-hydrogen) atoms. The fourth-order valence-electron chi connectivity index (χ4n) is 2.16. The van der Waals surface area contributed by atoms with Gasteiger partial charge in [-0.25, -0.2) is 4.98 Å². The molecule has 0 aliphatic carbocycles. The highest BCUT2D eigenvalue weighted by molar-refractivity contribution is 14.0. The Labute approximate surface area is 182 Å². The van der Waals surface area contributed by atoms with E-state index in [1.54, 1.807) is 20.4 Å². The highest BCUT2D eigenvalue weighted by atomic mass is 127. The van der Waals surface area contributed by atoms with Crippen molar-refractivity contribution < 1.29 is 9.47 Å². The number of aliphatic imine (C=N–C) groups is 1. The third kappa shape index (κ3) is 9.30. The molecule has 1 aromatic heterocycles. The zero-order valence-corrected chi connectivity index (χ0v) is 18.8. The number of hydrogen-bond acceptors (Lipinski definition) is 5. The zero-order valence-electron chi connectivity index (χ0n) is 15.7. The molecule has 1 heterocycles. The van der Waals surface area contributed by atoms with Crippen molar-refractivity contribution in [3.05, 3.63) is 54.2 Å². The van der Waals surface area contributed by atoms with Crippen molar-refractivity contribution in [1.82, 2.24) is 15.6 Å². The SMILES string of the molecule is CN=C(NCCSc1ccccc1)NCc1cccnc1OCCOC.I. The number of benzene rings is 1. The molecule has 0 saturated heterocycles. The summed E-state index contributed by atoms with van der Waals surface area (Å²) in [5.74, 6) is 2.33. The van der Waals surface area contributed by atoms with Crippen molar-refractivity contribution in [2.75, 3.05) is 39.7 Å². The molecule has 2 aromatic rings. The van der Waals surface area contributed by atoms with Gasteiger partial charge in [0.1, 0.15) is 6.61 Å². The van der Waals surface area contributed by atoms with Crippen LogP contribution in [0.1, 0.15) is 5.56 Å². The Morgan fingerprint density at radius 1 is 1.11 bits per heavy atom. The number of ether oxygens (including phenoxy) is 2. The average Bonchev–Trinajstić information content (AvgIpc) is 2.69. The molecule has 2 N–H and O–H groups in total. The van der Waals surface area contributed by atoms with Crippen LogP contribution in [0.25, 0.3) is 0 Å². The van der Waals surface area contributed by atoms with Crippen LogP contribution in [0.15, 0.2) is 58.5 Å². The summed E-state index contributed by atoms with van der Waals surface area (Å²) < 4.78 is 10.7. The van der Waals surface area contributed by atoms with Crippen LogP contribution < -0.4 is 15.4 Å². The summed E-state index contributed by atoms with van der Waals surface area (Å²) in [5.41, 5.74) is 0.977. The quantitative estimate of drug-likeness (QED) is 0.171. The largest absolute Gasteiger partial charge is 0.475 e. The van der Waals surface area contributed by atoms with Crippen molar-refractivity contribution in [3.8, 4) is 5.88 Å². The van der Waals surface area contributed by atoms with E-state index >= 15 is 0 Å². The van der Waals surface area contributed by atoms with Crippen LogP contribution in [0.2, 0.25) is 0 Å². The van der Waals surface area contributed by atoms with E-state index in [0.29, 0.717) is 25.6 Å². The third-order valence-electron chi connectivity index (χ3n) is 3.45. The summed E-state index contributed by atoms with van der Waals surface area (Å²) in [4.78, 5) is 9.81. The lowest BCUT2D eigenvalue weighted by Gasteiger charge is -2.14. The van der Waals surface area contributed by atoms with Gasteiger partial charge in [0.2, 0.25) is 5.88 Å². The van der Waals surface area contributed by atoms with Crippen LogP contribution in [-0.4, -0.2) is 50.6 Å². The summed E-state index contributed by atoms with van der Waals surface area (Å²) in [7, 11) is 3.41. The lowest BCUT2D eigenvalue weighted by Crippen LogP contribution is -2.38. The van der Waals surface area contributed by atoms with E-state index in [1.807, 2.05) is 30.0 Å². The molecule has 8 heteroatoms. The molecular weight excluding hydrogens is 475 g/mol. The Morgan fingerprint density at radius 2 is 1.93 bits per heavy atom. The van der Waals surface area contributed by atoms with Crippen LogP contribution in [0, 0.1) is 0 Å². The van der Waals surface area contributed by atoms with Gasteiger partial charge in [-0.1, -0.05) is 24.3 Å². The van der Waals surface area contributed by atoms with Gasteiger partial charge in [0.25, 0.3) is 0 Å². The van der Waals surface area contributed by atoms with E-state index in [0.717, 1.165) is 23.8 Å². The predicted molar refractivity (Wildman–Crippen MR) is 122 cm³/mol. The molecule has 2 rings (SSSR count). The van der Waals surface area contributed by atoms with Crippen molar-refractivity contribution in [1.29, 1.82) is 0 Å². The number of rotatable bonds is 10. The highest BCUT2D eigenvalue weighted by Gasteiger charge is 2.06. The number of halogens is 1. The van der Waals surface area contributed by atoms with Gasteiger partial charge in [-0.05, 0) is 18.2 Å². The molecular formula is C19H27IN4O2S. The molecule has 0 bridgehead atoms. The van der Waals surface area contributed by atoms with Crippen molar-refractivity contribution in [3.63, 3.8) is 0 Å². The second-order valence-electron chi connectivity index (χ2n) is 5.32. The molecule has 0 radical (unpaired) electrons. The molecule has 0 fully saturated rings. The minimum absolute atomic E-state index is 0. The molecule has 0 atom stereocenters. The molecule has 0 aliphatic rings. The monoisotopic (exact) mass is 502 g/mol. The summed E-state index contributed by atoms with van der Waals surface area (Å²) in [6, 6.07) is 14.2. The molecule has 0 amide bonds. The van der Waals surface area contributed by atoms with E-state index in [4.69, 9.17) is 9.47 Å². The second kappa shape index (κ2) is 14.5. The van der Waals surface area contributed by atoms with Crippen LogP contribution in [0.4, 0.5) is 0 Å². The molecule has 0 spiro atoms. The maximum absolute atomic E-state index is 5.65. The first-order valence-corrected chi connectivity index (χ1v) is 9.50. The normalized spacial score (nSPS) is 10.8. The average molecular weight is 502 g/mol. The number of pyridine rings is 1. The van der Waals surface area contributed by atoms with Crippen LogP contribution in [0.5, 0.6) is 5.88 Å². The number of thioether (sulfide) groups is 1. The summed E-state index contributed by atoms with van der Waals surface area (Å²) >= 11 is 1.81. The standard InChI is InChI=1S/C19H26N4O2S.HI/c1-20-19(22-11-14-26-17-8-4-3-5-9-17)23-15-16-7-6-10-21-18(16)25-13-12-24-2;/h3-10H,11-15H2,1-2H3,(H2,20,22,23);1H. The number of aromatic nitrogens is 1. The fourth-order valence-corrected chi connectivity index (χ4v) is 2.95. The number of methoxy groups -OCH3 is 1. The summed E-state index contributed by atoms with van der Waals surface area (Å²) in [6.07, 6.45) is 1.72. The minimum Gasteiger partial charge on any atom is -0.475 e. The Morgan fingerprint density at radius 3 is 2.67 bits per heavy atom. The van der Waals surface area contributed by atoms with Crippen molar-refractivity contribution in [2.24, 2.45) is 4.99 Å². The first-order valence-electron chi connectivity index (χ1n) is 8.51. The minimum atomic E-state index is 0. The van der Waals surface area contributed by atoms with Gasteiger partial charge < -0.3 is 20.1 Å². The molecule has 0 unspecified atom stereocenters. The van der Waals surface area contributed by atoms with E-state index in [-0.39, 0.29) is 24.0 Å². The van der Waals surface area contributed by atoms with Gasteiger partial charge in [0.05, 0.1) is 6.61 Å². The van der Waals surface area contributed by atoms with E-state index in [2.05, 4.69) is 44.9 Å². The van der Waals surface area contributed by atoms with Crippen molar-refractivity contribution >= 4 is 41.7 Å². The maximum atomic E-state index is 5.65. The Balaban J connectivity index is 0.00000364. The zero-order chi connectivity index (χ0) is 18.5. The van der Waals surface area contributed by atoms with Crippen LogP contribution >= 0.6 is 35.7 Å². The van der Waals surface area contributed by atoms with Gasteiger partial charge >= 0.3 is 0 Å². The Hall–Kier alpha value is -1.52. The summed E-state index contributed by atoms with van der Waals surface area (Å²) in [5, 5.41) is 6.61. The van der Waals surface area contributed by atoms with Crippen LogP contribution in [-0.2, 0) is 11.3 Å². The molecule has 0 saturated carbocycles. The van der Waals surface area contributed by atoms with Gasteiger partial charge in [0.15, 0.2) is 5.96 Å². The third-order valence-corrected chi connectivity index (χ3v) is 4.47. The van der Waals surface area contributed by atoms with E-state index < -0.39 is 0 Å². The Bertz CT molecular complexity index is 674. The molecule has 148 valence electrons. The lowest BCUT2D eigenvalue weighted by atomic mass is 10.2. The van der Waals surface area contributed by atoms with Crippen LogP contribution in [0.3, 0.4) is 0 Å². The molecule has 0 aliphatic heterocycles. The number of hydrogen-bond donors (Lipinski definition) is 2. The predicted octanol–water partition coefficient (Wildman–Crippen LogP) is 3.18. The topological polar surface area (TPSA) is 67.8 Å². The van der Waals surface area contributed by atoms with E-state index in [1.165, 1.54) is 4.90 Å². The van der Waals surface area contributed by atoms with Gasteiger partial charge in [-0.2, -0.15) is 0 Å². The fraction of sp³-hybridized carbons (Fsp3) is 0.368. The number of nitrogens with zero attached hydrogens (tertiary/aromatic N) is 2. The maximum Gasteiger partial charge on any atom is 0.218 e. The van der Waals surface area contributed by atoms with Gasteiger partial charge in [-0.3, -0.25) is 4.99 Å².